The van der Waals surface area contributed by atoms with Crippen LogP contribution in [0.1, 0.15) is 39.6 Å². The van der Waals surface area contributed by atoms with Crippen LogP contribution in [-0.4, -0.2) is 16.8 Å². The Kier molecular flexibility index (Phi) is 4.29. The first kappa shape index (κ1) is 14.8. The van der Waals surface area contributed by atoms with Gasteiger partial charge in [-0.2, -0.15) is 5.10 Å². The van der Waals surface area contributed by atoms with E-state index in [1.54, 1.807) is 0 Å². The SMILES string of the molecule is CNC(Cc1c(C)cc(C)cc1C)c1cnn(C)c1C. The Morgan fingerprint density at radius 3 is 2.20 bits per heavy atom. The molecule has 0 aliphatic carbocycles. The summed E-state index contributed by atoms with van der Waals surface area (Å²) < 4.78 is 1.94. The van der Waals surface area contributed by atoms with Gasteiger partial charge in [0.15, 0.2) is 0 Å². The number of hydrogen-bond donors (Lipinski definition) is 1. The maximum absolute atomic E-state index is 4.36. The van der Waals surface area contributed by atoms with Gasteiger partial charge in [0, 0.05) is 24.3 Å². The smallest absolute Gasteiger partial charge is 0.0540 e. The fourth-order valence-corrected chi connectivity index (χ4v) is 2.96. The number of rotatable bonds is 4. The monoisotopic (exact) mass is 271 g/mol. The summed E-state index contributed by atoms with van der Waals surface area (Å²) in [5.41, 5.74) is 8.05. The van der Waals surface area contributed by atoms with Crippen LogP contribution >= 0.6 is 0 Å². The van der Waals surface area contributed by atoms with Crippen LogP contribution in [-0.2, 0) is 13.5 Å². The zero-order valence-electron chi connectivity index (χ0n) is 13.4. The van der Waals surface area contributed by atoms with Crippen molar-refractivity contribution < 1.29 is 0 Å². The van der Waals surface area contributed by atoms with E-state index in [9.17, 15) is 0 Å². The molecule has 20 heavy (non-hydrogen) atoms. The molecule has 0 saturated carbocycles. The Morgan fingerprint density at radius 1 is 1.15 bits per heavy atom. The van der Waals surface area contributed by atoms with Crippen molar-refractivity contribution in [1.29, 1.82) is 0 Å². The van der Waals surface area contributed by atoms with Crippen LogP contribution in [0.4, 0.5) is 0 Å². The van der Waals surface area contributed by atoms with Crippen molar-refractivity contribution in [2.75, 3.05) is 7.05 Å². The van der Waals surface area contributed by atoms with Crippen LogP contribution in [0.5, 0.6) is 0 Å². The number of nitrogens with zero attached hydrogens (tertiary/aromatic N) is 2. The molecule has 2 aromatic rings. The first-order valence-corrected chi connectivity index (χ1v) is 7.16. The molecule has 0 saturated heterocycles. The number of hydrogen-bond acceptors (Lipinski definition) is 2. The molecule has 1 N–H and O–H groups in total. The van der Waals surface area contributed by atoms with Crippen molar-refractivity contribution in [3.63, 3.8) is 0 Å². The van der Waals surface area contributed by atoms with Crippen LogP contribution in [0, 0.1) is 27.7 Å². The maximum atomic E-state index is 4.36. The molecule has 3 heteroatoms. The van der Waals surface area contributed by atoms with Gasteiger partial charge in [0.2, 0.25) is 0 Å². The van der Waals surface area contributed by atoms with Gasteiger partial charge in [-0.3, -0.25) is 4.68 Å². The Hall–Kier alpha value is -1.61. The molecule has 1 aromatic heterocycles. The lowest BCUT2D eigenvalue weighted by molar-refractivity contribution is 0.583. The zero-order valence-corrected chi connectivity index (χ0v) is 13.4. The molecule has 0 bridgehead atoms. The molecule has 0 fully saturated rings. The molecule has 3 nitrogen and oxygen atoms in total. The van der Waals surface area contributed by atoms with E-state index in [-0.39, 0.29) is 0 Å². The lowest BCUT2D eigenvalue weighted by Crippen LogP contribution is -2.20. The van der Waals surface area contributed by atoms with Crippen molar-refractivity contribution in [2.45, 2.75) is 40.2 Å². The summed E-state index contributed by atoms with van der Waals surface area (Å²) >= 11 is 0. The van der Waals surface area contributed by atoms with E-state index >= 15 is 0 Å². The van der Waals surface area contributed by atoms with E-state index in [1.165, 1.54) is 33.5 Å². The molecule has 0 radical (unpaired) electrons. The van der Waals surface area contributed by atoms with Crippen LogP contribution in [0.3, 0.4) is 0 Å². The van der Waals surface area contributed by atoms with Gasteiger partial charge < -0.3 is 5.32 Å². The third kappa shape index (κ3) is 2.78. The summed E-state index contributed by atoms with van der Waals surface area (Å²) in [5, 5.41) is 7.80. The number of aromatic nitrogens is 2. The number of likely N-dealkylation sites (N-methyl/N-ethyl adjacent to an activating group) is 1. The minimum Gasteiger partial charge on any atom is -0.313 e. The predicted molar refractivity (Wildman–Crippen MR) is 84.1 cm³/mol. The van der Waals surface area contributed by atoms with E-state index < -0.39 is 0 Å². The number of nitrogens with one attached hydrogen (secondary N) is 1. The molecule has 1 unspecified atom stereocenters. The van der Waals surface area contributed by atoms with Crippen molar-refractivity contribution in [3.8, 4) is 0 Å². The summed E-state index contributed by atoms with van der Waals surface area (Å²) in [7, 11) is 4.02. The lowest BCUT2D eigenvalue weighted by atomic mass is 9.92. The molecule has 0 spiro atoms. The van der Waals surface area contributed by atoms with Crippen molar-refractivity contribution in [3.05, 3.63) is 51.8 Å². The van der Waals surface area contributed by atoms with Gasteiger partial charge in [0.25, 0.3) is 0 Å². The van der Waals surface area contributed by atoms with E-state index in [1.807, 2.05) is 25.0 Å². The van der Waals surface area contributed by atoms with Crippen LogP contribution < -0.4 is 5.32 Å². The highest BCUT2D eigenvalue weighted by atomic mass is 15.3. The fraction of sp³-hybridized carbons (Fsp3) is 0.471. The van der Waals surface area contributed by atoms with Gasteiger partial charge in [-0.15, -0.1) is 0 Å². The van der Waals surface area contributed by atoms with Crippen LogP contribution in [0.25, 0.3) is 0 Å². The summed E-state index contributed by atoms with van der Waals surface area (Å²) in [6.45, 7) is 8.70. The molecule has 2 rings (SSSR count). The molecule has 1 atom stereocenters. The van der Waals surface area contributed by atoms with Gasteiger partial charge in [0.1, 0.15) is 0 Å². The first-order chi connectivity index (χ1) is 9.43. The molecule has 1 heterocycles. The minimum absolute atomic E-state index is 0.309. The van der Waals surface area contributed by atoms with Crippen molar-refractivity contribution in [2.24, 2.45) is 7.05 Å². The zero-order chi connectivity index (χ0) is 14.9. The topological polar surface area (TPSA) is 29.9 Å². The molecular weight excluding hydrogens is 246 g/mol. The highest BCUT2D eigenvalue weighted by Crippen LogP contribution is 2.25. The van der Waals surface area contributed by atoms with Gasteiger partial charge in [-0.1, -0.05) is 17.7 Å². The first-order valence-electron chi connectivity index (χ1n) is 7.16. The Bertz CT molecular complexity index is 588. The second-order valence-electron chi connectivity index (χ2n) is 5.73. The van der Waals surface area contributed by atoms with E-state index in [0.717, 1.165) is 6.42 Å². The second-order valence-corrected chi connectivity index (χ2v) is 5.73. The van der Waals surface area contributed by atoms with Gasteiger partial charge in [-0.25, -0.2) is 0 Å². The highest BCUT2D eigenvalue weighted by molar-refractivity contribution is 5.39. The standard InChI is InChI=1S/C17H25N3/c1-11-7-12(2)15(13(3)8-11)9-17(18-5)16-10-19-20(6)14(16)4/h7-8,10,17-18H,9H2,1-6H3. The molecule has 0 aliphatic rings. The molecular formula is C17H25N3. The van der Waals surface area contributed by atoms with Crippen LogP contribution in [0.15, 0.2) is 18.3 Å². The van der Waals surface area contributed by atoms with Crippen molar-refractivity contribution in [1.82, 2.24) is 15.1 Å². The van der Waals surface area contributed by atoms with Crippen molar-refractivity contribution >= 4 is 0 Å². The predicted octanol–water partition coefficient (Wildman–Crippen LogP) is 3.16. The average molecular weight is 271 g/mol. The maximum Gasteiger partial charge on any atom is 0.0540 e. The largest absolute Gasteiger partial charge is 0.313 e. The Balaban J connectivity index is 2.34. The molecule has 108 valence electrons. The second kappa shape index (κ2) is 5.80. The minimum atomic E-state index is 0.309. The summed E-state index contributed by atoms with van der Waals surface area (Å²) in [5.74, 6) is 0. The lowest BCUT2D eigenvalue weighted by Gasteiger charge is -2.19. The normalized spacial score (nSPS) is 12.7. The van der Waals surface area contributed by atoms with Gasteiger partial charge >= 0.3 is 0 Å². The quantitative estimate of drug-likeness (QED) is 0.925. The Labute approximate surface area is 122 Å². The third-order valence-corrected chi connectivity index (χ3v) is 4.25. The Morgan fingerprint density at radius 2 is 1.75 bits per heavy atom. The van der Waals surface area contributed by atoms with E-state index in [0.29, 0.717) is 6.04 Å². The van der Waals surface area contributed by atoms with Crippen LogP contribution in [0.2, 0.25) is 0 Å². The van der Waals surface area contributed by atoms with E-state index in [4.69, 9.17) is 0 Å². The fourth-order valence-electron chi connectivity index (χ4n) is 2.96. The third-order valence-electron chi connectivity index (χ3n) is 4.25. The number of aryl methyl sites for hydroxylation is 4. The molecule has 1 aromatic carbocycles. The molecule has 0 amide bonds. The summed E-state index contributed by atoms with van der Waals surface area (Å²) in [4.78, 5) is 0. The summed E-state index contributed by atoms with van der Waals surface area (Å²) in [6, 6.07) is 4.85. The van der Waals surface area contributed by atoms with Gasteiger partial charge in [0.05, 0.1) is 6.20 Å². The summed E-state index contributed by atoms with van der Waals surface area (Å²) in [6.07, 6.45) is 2.98. The molecule has 0 aliphatic heterocycles. The van der Waals surface area contributed by atoms with Gasteiger partial charge in [-0.05, 0) is 57.9 Å². The average Bonchev–Trinajstić information content (AvgIpc) is 2.70. The highest BCUT2D eigenvalue weighted by Gasteiger charge is 2.17. The van der Waals surface area contributed by atoms with E-state index in [2.05, 4.69) is 50.2 Å². The number of benzene rings is 1.